The van der Waals surface area contributed by atoms with Crippen molar-refractivity contribution >= 4 is 11.7 Å². The number of hydrogen-bond acceptors (Lipinski definition) is 7. The summed E-state index contributed by atoms with van der Waals surface area (Å²) in [5.41, 5.74) is 0.571. The first kappa shape index (κ1) is 30.3. The fourth-order valence-electron chi connectivity index (χ4n) is 4.70. The van der Waals surface area contributed by atoms with Crippen LogP contribution in [0.4, 0.5) is 5.69 Å². The summed E-state index contributed by atoms with van der Waals surface area (Å²) in [6.07, 6.45) is 12.1. The topological polar surface area (TPSA) is 126 Å². The van der Waals surface area contributed by atoms with E-state index in [1.165, 1.54) is 12.5 Å². The number of carbonyl (C=O) groups is 1. The quantitative estimate of drug-likeness (QED) is 0.119. The predicted molar refractivity (Wildman–Crippen MR) is 147 cm³/mol. The molecule has 10 heteroatoms. The molecule has 1 aromatic carbocycles. The molecule has 39 heavy (non-hydrogen) atoms. The molecule has 1 aliphatic rings. The monoisotopic (exact) mass is 543 g/mol. The summed E-state index contributed by atoms with van der Waals surface area (Å²) in [7, 11) is 0. The number of aryl methyl sites for hydroxylation is 2. The van der Waals surface area contributed by atoms with E-state index in [0.717, 1.165) is 37.1 Å². The summed E-state index contributed by atoms with van der Waals surface area (Å²) < 4.78 is 21.0. The number of nitrogens with zero attached hydrogens (tertiary/aromatic N) is 3. The molecular weight excluding hydrogens is 502 g/mol. The maximum Gasteiger partial charge on any atom is 0.311 e. The number of aliphatic carboxylic acids is 1. The van der Waals surface area contributed by atoms with Gasteiger partial charge in [0.15, 0.2) is 17.6 Å². The molecule has 2 aromatic rings. The van der Waals surface area contributed by atoms with E-state index in [2.05, 4.69) is 16.5 Å². The molecule has 3 rings (SSSR count). The van der Waals surface area contributed by atoms with Crippen LogP contribution in [-0.2, 0) is 20.8 Å². The van der Waals surface area contributed by atoms with Crippen LogP contribution in [0, 0.1) is 23.0 Å². The summed E-state index contributed by atoms with van der Waals surface area (Å²) in [6, 6.07) is 4.86. The van der Waals surface area contributed by atoms with Gasteiger partial charge in [-0.25, -0.2) is 4.98 Å². The lowest BCUT2D eigenvalue weighted by Gasteiger charge is -2.42. The predicted octanol–water partition coefficient (Wildman–Crippen LogP) is 6.38. The van der Waals surface area contributed by atoms with Crippen molar-refractivity contribution in [3.8, 4) is 5.75 Å². The van der Waals surface area contributed by atoms with Gasteiger partial charge in [-0.1, -0.05) is 44.4 Å². The number of imidazole rings is 1. The van der Waals surface area contributed by atoms with E-state index in [1.54, 1.807) is 32.9 Å². The Morgan fingerprint density at radius 3 is 2.82 bits per heavy atom. The van der Waals surface area contributed by atoms with Crippen molar-refractivity contribution in [1.82, 2.24) is 9.55 Å². The number of benzene rings is 1. The zero-order chi connectivity index (χ0) is 28.4. The third-order valence-electron chi connectivity index (χ3n) is 6.83. The first-order chi connectivity index (χ1) is 18.6. The zero-order valence-electron chi connectivity index (χ0n) is 23.4. The SMILES string of the molecule is CCCCCCn1cncc1[C@H]1O[C@@H](C(C)(C)Oc2ccc(C)cc2[N+](=O)[O-])OC[C@H]1C/C=C\CCC(=O)O. The number of rotatable bonds is 15. The molecule has 1 N–H and O–H groups in total. The summed E-state index contributed by atoms with van der Waals surface area (Å²) in [5, 5.41) is 20.6. The third-order valence-corrected chi connectivity index (χ3v) is 6.83. The highest BCUT2D eigenvalue weighted by Crippen LogP contribution is 2.40. The van der Waals surface area contributed by atoms with Crippen LogP contribution < -0.4 is 4.74 Å². The highest BCUT2D eigenvalue weighted by Gasteiger charge is 2.43. The van der Waals surface area contributed by atoms with Gasteiger partial charge in [0.2, 0.25) is 0 Å². The molecule has 0 amide bonds. The lowest BCUT2D eigenvalue weighted by molar-refractivity contribution is -0.386. The Kier molecular flexibility index (Phi) is 11.1. The molecular formula is C29H41N3O7. The molecule has 0 aliphatic carbocycles. The van der Waals surface area contributed by atoms with Crippen LogP contribution in [0.3, 0.4) is 0 Å². The highest BCUT2D eigenvalue weighted by molar-refractivity contribution is 5.66. The standard InChI is InChI=1S/C29H41N3O7/c1-5-6-7-11-16-31-20-30-18-24(31)27-22(12-9-8-10-13-26(33)34)19-37-28(38-27)29(3,4)39-25-15-14-21(2)17-23(25)32(35)36/h8-9,14-15,17-18,20,22,27-28H,5-7,10-13,16,19H2,1-4H3,(H,33,34)/b9-8-/t22-,27+,28+/m1/s1. The fourth-order valence-corrected chi connectivity index (χ4v) is 4.70. The lowest BCUT2D eigenvalue weighted by Crippen LogP contribution is -2.50. The number of ether oxygens (including phenoxy) is 3. The second-order valence-corrected chi connectivity index (χ2v) is 10.6. The van der Waals surface area contributed by atoms with Crippen LogP contribution >= 0.6 is 0 Å². The van der Waals surface area contributed by atoms with Crippen molar-refractivity contribution in [2.45, 2.75) is 97.2 Å². The minimum Gasteiger partial charge on any atom is -0.481 e. The highest BCUT2D eigenvalue weighted by atomic mass is 16.7. The Labute approximate surface area is 230 Å². The van der Waals surface area contributed by atoms with Crippen molar-refractivity contribution in [3.05, 3.63) is 64.2 Å². The minimum atomic E-state index is -1.04. The number of nitro groups is 1. The number of carboxylic acids is 1. The van der Waals surface area contributed by atoms with Gasteiger partial charge < -0.3 is 23.9 Å². The van der Waals surface area contributed by atoms with E-state index in [-0.39, 0.29) is 29.9 Å². The molecule has 1 aliphatic heterocycles. The average Bonchev–Trinajstić information content (AvgIpc) is 3.35. The van der Waals surface area contributed by atoms with E-state index in [9.17, 15) is 14.9 Å². The second kappa shape index (κ2) is 14.2. The van der Waals surface area contributed by atoms with E-state index >= 15 is 0 Å². The molecule has 0 spiro atoms. The molecule has 3 atom stereocenters. The van der Waals surface area contributed by atoms with Crippen molar-refractivity contribution in [2.24, 2.45) is 5.92 Å². The first-order valence-electron chi connectivity index (χ1n) is 13.7. The molecule has 1 aromatic heterocycles. The molecule has 1 fully saturated rings. The molecule has 0 radical (unpaired) electrons. The molecule has 0 unspecified atom stereocenters. The summed E-state index contributed by atoms with van der Waals surface area (Å²) in [6.45, 7) is 8.78. The number of aromatic nitrogens is 2. The van der Waals surface area contributed by atoms with Crippen LogP contribution in [0.5, 0.6) is 5.75 Å². The van der Waals surface area contributed by atoms with Crippen molar-refractivity contribution < 1.29 is 29.0 Å². The number of hydrogen-bond donors (Lipinski definition) is 1. The molecule has 0 saturated carbocycles. The van der Waals surface area contributed by atoms with Gasteiger partial charge in [-0.3, -0.25) is 14.9 Å². The van der Waals surface area contributed by atoms with Crippen LogP contribution in [-0.4, -0.2) is 44.0 Å². The molecule has 2 heterocycles. The van der Waals surface area contributed by atoms with Crippen LogP contribution in [0.25, 0.3) is 0 Å². The van der Waals surface area contributed by atoms with Crippen LogP contribution in [0.1, 0.15) is 83.1 Å². The van der Waals surface area contributed by atoms with E-state index in [4.69, 9.17) is 19.3 Å². The Balaban J connectivity index is 1.81. The van der Waals surface area contributed by atoms with Gasteiger partial charge >= 0.3 is 11.7 Å². The smallest absolute Gasteiger partial charge is 0.311 e. The van der Waals surface area contributed by atoms with E-state index in [0.29, 0.717) is 19.4 Å². The van der Waals surface area contributed by atoms with Gasteiger partial charge in [-0.05, 0) is 51.7 Å². The van der Waals surface area contributed by atoms with Gasteiger partial charge in [0, 0.05) is 24.9 Å². The van der Waals surface area contributed by atoms with Crippen molar-refractivity contribution in [3.63, 3.8) is 0 Å². The fraction of sp³-hybridized carbons (Fsp3) is 0.586. The first-order valence-corrected chi connectivity index (χ1v) is 13.7. The van der Waals surface area contributed by atoms with Gasteiger partial charge in [0.25, 0.3) is 0 Å². The summed E-state index contributed by atoms with van der Waals surface area (Å²) >= 11 is 0. The molecule has 1 saturated heterocycles. The minimum absolute atomic E-state index is 0.0297. The van der Waals surface area contributed by atoms with Gasteiger partial charge in [0.05, 0.1) is 29.7 Å². The van der Waals surface area contributed by atoms with Crippen molar-refractivity contribution in [1.29, 1.82) is 0 Å². The summed E-state index contributed by atoms with van der Waals surface area (Å²) in [5.74, 6) is -0.700. The molecule has 0 bridgehead atoms. The maximum absolute atomic E-state index is 11.6. The number of carboxylic acid groups (broad SMARTS) is 1. The van der Waals surface area contributed by atoms with E-state index in [1.807, 2.05) is 24.7 Å². The van der Waals surface area contributed by atoms with E-state index < -0.39 is 22.8 Å². The number of allylic oxidation sites excluding steroid dienone is 2. The molecule has 10 nitrogen and oxygen atoms in total. The maximum atomic E-state index is 11.6. The average molecular weight is 544 g/mol. The van der Waals surface area contributed by atoms with Crippen LogP contribution in [0.15, 0.2) is 42.9 Å². The summed E-state index contributed by atoms with van der Waals surface area (Å²) in [4.78, 5) is 26.4. The lowest BCUT2D eigenvalue weighted by atomic mass is 9.94. The Bertz CT molecular complexity index is 1130. The van der Waals surface area contributed by atoms with Gasteiger partial charge in [-0.15, -0.1) is 0 Å². The zero-order valence-corrected chi connectivity index (χ0v) is 23.4. The Morgan fingerprint density at radius 1 is 1.31 bits per heavy atom. The Morgan fingerprint density at radius 2 is 2.10 bits per heavy atom. The Hall–Kier alpha value is -3.24. The number of unbranched alkanes of at least 4 members (excludes halogenated alkanes) is 3. The number of nitro benzene ring substituents is 1. The van der Waals surface area contributed by atoms with Gasteiger partial charge in [-0.2, -0.15) is 0 Å². The van der Waals surface area contributed by atoms with Crippen molar-refractivity contribution in [2.75, 3.05) is 6.61 Å². The normalized spacial score (nSPS) is 19.8. The largest absolute Gasteiger partial charge is 0.481 e. The second-order valence-electron chi connectivity index (χ2n) is 10.6. The molecule has 214 valence electrons. The third kappa shape index (κ3) is 8.63. The van der Waals surface area contributed by atoms with Crippen LogP contribution in [0.2, 0.25) is 0 Å². The van der Waals surface area contributed by atoms with Gasteiger partial charge in [0.1, 0.15) is 6.10 Å².